The van der Waals surface area contributed by atoms with Gasteiger partial charge in [-0.3, -0.25) is 9.78 Å². The Balaban J connectivity index is 2.33. The molecule has 0 aliphatic heterocycles. The summed E-state index contributed by atoms with van der Waals surface area (Å²) in [7, 11) is 2.99. The van der Waals surface area contributed by atoms with Gasteiger partial charge in [0.05, 0.1) is 29.8 Å². The fourth-order valence-corrected chi connectivity index (χ4v) is 2.57. The van der Waals surface area contributed by atoms with Gasteiger partial charge in [0, 0.05) is 19.1 Å². The lowest BCUT2D eigenvalue weighted by atomic mass is 9.86. The van der Waals surface area contributed by atoms with E-state index in [-0.39, 0.29) is 5.97 Å². The Morgan fingerprint density at radius 2 is 2.04 bits per heavy atom. The number of carbonyl (C=O) groups is 1. The van der Waals surface area contributed by atoms with Gasteiger partial charge in [0.15, 0.2) is 0 Å². The molecule has 0 fully saturated rings. The van der Waals surface area contributed by atoms with Crippen LogP contribution < -0.4 is 0 Å². The molecule has 0 aliphatic rings. The van der Waals surface area contributed by atoms with Crippen molar-refractivity contribution in [1.82, 2.24) is 4.98 Å². The smallest absolute Gasteiger partial charge is 0.315 e. The summed E-state index contributed by atoms with van der Waals surface area (Å²) in [4.78, 5) is 16.6. The van der Waals surface area contributed by atoms with Crippen molar-refractivity contribution in [2.45, 2.75) is 26.4 Å². The van der Waals surface area contributed by atoms with Gasteiger partial charge in [-0.2, -0.15) is 0 Å². The summed E-state index contributed by atoms with van der Waals surface area (Å²) in [6.45, 7) is 3.99. The van der Waals surface area contributed by atoms with Gasteiger partial charge < -0.3 is 14.6 Å². The number of rotatable bonds is 7. The van der Waals surface area contributed by atoms with Gasteiger partial charge in [-0.1, -0.05) is 30.4 Å². The average molecular weight is 343 g/mol. The zero-order valence-electron chi connectivity index (χ0n) is 15.2. The van der Waals surface area contributed by atoms with Gasteiger partial charge in [-0.05, 0) is 38.0 Å². The Morgan fingerprint density at radius 3 is 2.68 bits per heavy atom. The standard InChI is InChI=1S/C20H25NO4/c1-14(22)17-8-7-16-6-5-15(13-18(16)21-17)9-10-20(2,11-12-24-3)19(23)25-4/h5-10,13-14,22H,11-12H2,1-4H3/t14-,20?/m1/s1. The van der Waals surface area contributed by atoms with Crippen LogP contribution in [0.5, 0.6) is 0 Å². The van der Waals surface area contributed by atoms with E-state index in [0.717, 1.165) is 16.5 Å². The molecule has 2 atom stereocenters. The minimum Gasteiger partial charge on any atom is -0.468 e. The molecule has 134 valence electrons. The van der Waals surface area contributed by atoms with Gasteiger partial charge in [0.25, 0.3) is 0 Å². The first kappa shape index (κ1) is 19.1. The van der Waals surface area contributed by atoms with Crippen molar-refractivity contribution in [2.24, 2.45) is 5.41 Å². The highest BCUT2D eigenvalue weighted by atomic mass is 16.5. The normalized spacial score (nSPS) is 15.2. The summed E-state index contributed by atoms with van der Waals surface area (Å²) in [5, 5.41) is 10.7. The quantitative estimate of drug-likeness (QED) is 0.779. The number of hydrogen-bond donors (Lipinski definition) is 1. The predicted octanol–water partition coefficient (Wildman–Crippen LogP) is 3.52. The summed E-state index contributed by atoms with van der Waals surface area (Å²) in [5.41, 5.74) is 1.61. The molecule has 1 aromatic carbocycles. The van der Waals surface area contributed by atoms with E-state index in [1.165, 1.54) is 7.11 Å². The number of nitrogens with zero attached hydrogens (tertiary/aromatic N) is 1. The highest BCUT2D eigenvalue weighted by Gasteiger charge is 2.31. The topological polar surface area (TPSA) is 68.7 Å². The second kappa shape index (κ2) is 8.23. The third-order valence-electron chi connectivity index (χ3n) is 4.29. The van der Waals surface area contributed by atoms with Crippen LogP contribution in [0, 0.1) is 5.41 Å². The van der Waals surface area contributed by atoms with Crippen molar-refractivity contribution in [1.29, 1.82) is 0 Å². The number of carbonyl (C=O) groups excluding carboxylic acids is 1. The monoisotopic (exact) mass is 343 g/mol. The minimum absolute atomic E-state index is 0.295. The van der Waals surface area contributed by atoms with E-state index in [1.807, 2.05) is 49.4 Å². The van der Waals surface area contributed by atoms with E-state index in [1.54, 1.807) is 14.0 Å². The first-order chi connectivity index (χ1) is 11.9. The second-order valence-electron chi connectivity index (χ2n) is 6.35. The van der Waals surface area contributed by atoms with Crippen molar-refractivity contribution in [3.05, 3.63) is 47.7 Å². The van der Waals surface area contributed by atoms with Gasteiger partial charge in [0.2, 0.25) is 0 Å². The van der Waals surface area contributed by atoms with Crippen molar-refractivity contribution in [3.63, 3.8) is 0 Å². The maximum atomic E-state index is 12.1. The van der Waals surface area contributed by atoms with E-state index < -0.39 is 11.5 Å². The number of aliphatic hydroxyl groups excluding tert-OH is 1. The number of fused-ring (bicyclic) bond motifs is 1. The van der Waals surface area contributed by atoms with Crippen LogP contribution in [0.15, 0.2) is 36.4 Å². The zero-order valence-corrected chi connectivity index (χ0v) is 15.2. The van der Waals surface area contributed by atoms with Crippen LogP contribution in [0.2, 0.25) is 0 Å². The predicted molar refractivity (Wildman–Crippen MR) is 98.0 cm³/mol. The Hall–Kier alpha value is -2.24. The SMILES string of the molecule is COCCC(C)(C=Cc1ccc2ccc([C@@H](C)O)nc2c1)C(=O)OC. The maximum Gasteiger partial charge on any atom is 0.315 e. The molecule has 1 heterocycles. The average Bonchev–Trinajstić information content (AvgIpc) is 2.63. The van der Waals surface area contributed by atoms with E-state index in [9.17, 15) is 9.90 Å². The summed E-state index contributed by atoms with van der Waals surface area (Å²) in [5.74, 6) is -0.295. The lowest BCUT2D eigenvalue weighted by molar-refractivity contribution is -0.149. The van der Waals surface area contributed by atoms with Crippen molar-refractivity contribution in [2.75, 3.05) is 20.8 Å². The fourth-order valence-electron chi connectivity index (χ4n) is 2.57. The number of aliphatic hydroxyl groups is 1. The highest BCUT2D eigenvalue weighted by Crippen LogP contribution is 2.27. The van der Waals surface area contributed by atoms with E-state index in [4.69, 9.17) is 9.47 Å². The lowest BCUT2D eigenvalue weighted by Crippen LogP contribution is -2.28. The third kappa shape index (κ3) is 4.65. The van der Waals surface area contributed by atoms with E-state index >= 15 is 0 Å². The second-order valence-corrected chi connectivity index (χ2v) is 6.35. The van der Waals surface area contributed by atoms with Crippen molar-refractivity contribution < 1.29 is 19.4 Å². The molecule has 1 unspecified atom stereocenters. The van der Waals surface area contributed by atoms with Crippen molar-refractivity contribution in [3.8, 4) is 0 Å². The van der Waals surface area contributed by atoms with Crippen LogP contribution >= 0.6 is 0 Å². The Kier molecular flexibility index (Phi) is 6.28. The first-order valence-electron chi connectivity index (χ1n) is 8.25. The lowest BCUT2D eigenvalue weighted by Gasteiger charge is -2.22. The fraction of sp³-hybridized carbons (Fsp3) is 0.400. The molecule has 0 bridgehead atoms. The molecule has 5 nitrogen and oxygen atoms in total. The van der Waals surface area contributed by atoms with Crippen LogP contribution in [0.4, 0.5) is 0 Å². The Bertz CT molecular complexity index is 769. The molecule has 0 aliphatic carbocycles. The summed E-state index contributed by atoms with van der Waals surface area (Å²) in [6.07, 6.45) is 3.66. The number of esters is 1. The van der Waals surface area contributed by atoms with Gasteiger partial charge in [0.1, 0.15) is 0 Å². The van der Waals surface area contributed by atoms with E-state index in [0.29, 0.717) is 18.7 Å². The molecule has 0 spiro atoms. The molecule has 0 amide bonds. The summed E-state index contributed by atoms with van der Waals surface area (Å²) >= 11 is 0. The molecule has 1 N–H and O–H groups in total. The van der Waals surface area contributed by atoms with Crippen LogP contribution in [-0.2, 0) is 14.3 Å². The van der Waals surface area contributed by atoms with Gasteiger partial charge >= 0.3 is 5.97 Å². The molecular formula is C20H25NO4. The number of aromatic nitrogens is 1. The third-order valence-corrected chi connectivity index (χ3v) is 4.29. The molecule has 0 saturated heterocycles. The van der Waals surface area contributed by atoms with Crippen LogP contribution in [0.3, 0.4) is 0 Å². The van der Waals surface area contributed by atoms with Crippen molar-refractivity contribution >= 4 is 22.9 Å². The Labute approximate surface area is 148 Å². The summed E-state index contributed by atoms with van der Waals surface area (Å²) < 4.78 is 10.0. The summed E-state index contributed by atoms with van der Waals surface area (Å²) in [6, 6.07) is 9.64. The number of benzene rings is 1. The first-order valence-corrected chi connectivity index (χ1v) is 8.25. The van der Waals surface area contributed by atoms with Gasteiger partial charge in [-0.15, -0.1) is 0 Å². The number of pyridine rings is 1. The largest absolute Gasteiger partial charge is 0.468 e. The molecule has 2 rings (SSSR count). The number of hydrogen-bond acceptors (Lipinski definition) is 5. The minimum atomic E-state index is -0.755. The molecule has 5 heteroatoms. The molecule has 0 radical (unpaired) electrons. The van der Waals surface area contributed by atoms with E-state index in [2.05, 4.69) is 4.98 Å². The van der Waals surface area contributed by atoms with Crippen LogP contribution in [0.1, 0.15) is 37.6 Å². The maximum absolute atomic E-state index is 12.1. The molecule has 2 aromatic rings. The highest BCUT2D eigenvalue weighted by molar-refractivity contribution is 5.83. The molecule has 1 aromatic heterocycles. The van der Waals surface area contributed by atoms with Crippen LogP contribution in [0.25, 0.3) is 17.0 Å². The molecular weight excluding hydrogens is 318 g/mol. The Morgan fingerprint density at radius 1 is 1.32 bits per heavy atom. The van der Waals surface area contributed by atoms with Crippen LogP contribution in [-0.4, -0.2) is 36.9 Å². The zero-order chi connectivity index (χ0) is 18.4. The van der Waals surface area contributed by atoms with Gasteiger partial charge in [-0.25, -0.2) is 0 Å². The molecule has 0 saturated carbocycles. The molecule has 25 heavy (non-hydrogen) atoms. The number of methoxy groups -OCH3 is 2. The number of ether oxygens (including phenoxy) is 2.